The minimum Gasteiger partial charge on any atom is -0.508 e. The van der Waals surface area contributed by atoms with Crippen LogP contribution in [0.4, 0.5) is 5.69 Å². The van der Waals surface area contributed by atoms with Gasteiger partial charge in [0, 0.05) is 18.7 Å². The third-order valence-electron chi connectivity index (χ3n) is 5.36. The first-order chi connectivity index (χ1) is 16.9. The number of phenols is 1. The zero-order valence-corrected chi connectivity index (χ0v) is 19.2. The fraction of sp³-hybridized carbons (Fsp3) is 0.192. The number of hydrogen-bond donors (Lipinski definition) is 3. The average molecular weight is 476 g/mol. The molecule has 0 aliphatic carbocycles. The Balaban J connectivity index is 1.59. The van der Waals surface area contributed by atoms with Gasteiger partial charge in [-0.25, -0.2) is 5.01 Å². The van der Waals surface area contributed by atoms with Crippen LogP contribution in [0.3, 0.4) is 0 Å². The summed E-state index contributed by atoms with van der Waals surface area (Å²) in [7, 11) is 0. The van der Waals surface area contributed by atoms with E-state index in [9.17, 15) is 19.5 Å². The largest absolute Gasteiger partial charge is 0.508 e. The molecule has 0 bridgehead atoms. The maximum Gasteiger partial charge on any atom is 0.285 e. The zero-order valence-electron chi connectivity index (χ0n) is 19.2. The number of β-lactam (4-membered cyclic amide) rings is 1. The molecule has 180 valence electrons. The van der Waals surface area contributed by atoms with Crippen LogP contribution < -0.4 is 20.2 Å². The van der Waals surface area contributed by atoms with Crippen LogP contribution >= 0.6 is 0 Å². The number of hydrogen-bond acceptors (Lipinski definition) is 6. The smallest absolute Gasteiger partial charge is 0.285 e. The molecule has 0 unspecified atom stereocenters. The molecule has 0 saturated carbocycles. The minimum atomic E-state index is -0.865. The molecule has 4 rings (SSSR count). The van der Waals surface area contributed by atoms with Crippen molar-refractivity contribution in [3.8, 4) is 17.2 Å². The lowest BCUT2D eigenvalue weighted by Crippen LogP contribution is -2.67. The number of amides is 3. The van der Waals surface area contributed by atoms with E-state index in [1.54, 1.807) is 55.5 Å². The predicted molar refractivity (Wildman–Crippen MR) is 128 cm³/mol. The fourth-order valence-electron chi connectivity index (χ4n) is 3.78. The highest BCUT2D eigenvalue weighted by Gasteiger charge is 2.51. The van der Waals surface area contributed by atoms with E-state index in [4.69, 9.17) is 9.47 Å². The van der Waals surface area contributed by atoms with E-state index >= 15 is 0 Å². The summed E-state index contributed by atoms with van der Waals surface area (Å²) >= 11 is 0. The number of hydrazine groups is 1. The zero-order chi connectivity index (χ0) is 24.9. The van der Waals surface area contributed by atoms with Gasteiger partial charge < -0.3 is 19.9 Å². The molecule has 9 nitrogen and oxygen atoms in total. The lowest BCUT2D eigenvalue weighted by Gasteiger charge is -2.46. The highest BCUT2D eigenvalue weighted by Crippen LogP contribution is 2.37. The van der Waals surface area contributed by atoms with Crippen LogP contribution in [0.2, 0.25) is 0 Å². The maximum absolute atomic E-state index is 13.2. The van der Waals surface area contributed by atoms with Crippen LogP contribution in [0, 0.1) is 0 Å². The van der Waals surface area contributed by atoms with E-state index < -0.39 is 24.0 Å². The highest BCUT2D eigenvalue weighted by molar-refractivity contribution is 6.00. The van der Waals surface area contributed by atoms with Gasteiger partial charge in [-0.15, -0.1) is 0 Å². The molecule has 9 heteroatoms. The van der Waals surface area contributed by atoms with Gasteiger partial charge in [0.25, 0.3) is 11.8 Å². The number of carbonyl (C=O) groups is 3. The first kappa shape index (κ1) is 23.6. The lowest BCUT2D eigenvalue weighted by atomic mass is 9.92. The first-order valence-corrected chi connectivity index (χ1v) is 11.1. The summed E-state index contributed by atoms with van der Waals surface area (Å²) in [6.45, 7) is 3.46. The van der Waals surface area contributed by atoms with E-state index in [1.165, 1.54) is 30.1 Å². The van der Waals surface area contributed by atoms with Crippen molar-refractivity contribution in [2.24, 2.45) is 0 Å². The van der Waals surface area contributed by atoms with Crippen molar-refractivity contribution in [2.45, 2.75) is 26.0 Å². The summed E-state index contributed by atoms with van der Waals surface area (Å²) in [5.74, 6) is -0.366. The molecule has 2 atom stereocenters. The van der Waals surface area contributed by atoms with Crippen LogP contribution in [0.5, 0.6) is 17.2 Å². The number of ether oxygens (including phenoxy) is 2. The topological polar surface area (TPSA) is 117 Å². The molecule has 3 aromatic carbocycles. The second-order valence-corrected chi connectivity index (χ2v) is 7.86. The molecule has 1 fully saturated rings. The van der Waals surface area contributed by atoms with Crippen molar-refractivity contribution in [3.05, 3.63) is 83.9 Å². The number of aromatic hydroxyl groups is 1. The third kappa shape index (κ3) is 5.19. The van der Waals surface area contributed by atoms with E-state index in [0.717, 1.165) is 0 Å². The van der Waals surface area contributed by atoms with Gasteiger partial charge in [-0.05, 0) is 48.9 Å². The number of nitrogens with zero attached hydrogens (tertiary/aromatic N) is 1. The highest BCUT2D eigenvalue weighted by atomic mass is 16.5. The number of nitrogens with one attached hydrogen (secondary N) is 2. The van der Waals surface area contributed by atoms with Crippen molar-refractivity contribution >= 4 is 23.4 Å². The number of carbonyl (C=O) groups excluding carboxylic acids is 3. The summed E-state index contributed by atoms with van der Waals surface area (Å²) in [6.07, 6.45) is -0.865. The first-order valence-electron chi connectivity index (χ1n) is 11.1. The second-order valence-electron chi connectivity index (χ2n) is 7.86. The quantitative estimate of drug-likeness (QED) is 0.430. The SMILES string of the molecule is CCOc1cc(NC(C)=O)ccc1C(=O)NN1C(=O)[C@@H](Oc2ccccc2)[C@H]1c1ccc(O)cc1. The Morgan fingerprint density at radius 2 is 1.74 bits per heavy atom. The molecule has 3 aromatic rings. The number of phenolic OH excluding ortho intramolecular Hbond substituents is 1. The Morgan fingerprint density at radius 3 is 2.40 bits per heavy atom. The van der Waals surface area contributed by atoms with Crippen LogP contribution in [-0.4, -0.2) is 40.5 Å². The van der Waals surface area contributed by atoms with Crippen molar-refractivity contribution in [1.82, 2.24) is 10.4 Å². The lowest BCUT2D eigenvalue weighted by molar-refractivity contribution is -0.169. The Bertz CT molecular complexity index is 1230. The molecule has 0 spiro atoms. The van der Waals surface area contributed by atoms with Crippen LogP contribution in [0.1, 0.15) is 35.8 Å². The molecule has 1 aliphatic heterocycles. The van der Waals surface area contributed by atoms with Gasteiger partial charge in [0.2, 0.25) is 12.0 Å². The summed E-state index contributed by atoms with van der Waals surface area (Å²) in [5.41, 5.74) is 4.01. The number of para-hydroxylation sites is 1. The van der Waals surface area contributed by atoms with E-state index in [0.29, 0.717) is 23.6 Å². The number of rotatable bonds is 8. The number of benzene rings is 3. The van der Waals surface area contributed by atoms with Gasteiger partial charge in [-0.1, -0.05) is 30.3 Å². The molecule has 1 heterocycles. The Labute approximate surface area is 202 Å². The van der Waals surface area contributed by atoms with Gasteiger partial charge in [-0.3, -0.25) is 19.8 Å². The molecule has 1 aliphatic rings. The van der Waals surface area contributed by atoms with E-state index in [-0.39, 0.29) is 23.0 Å². The van der Waals surface area contributed by atoms with Gasteiger partial charge in [0.15, 0.2) is 0 Å². The average Bonchev–Trinajstić information content (AvgIpc) is 2.84. The molecule has 1 saturated heterocycles. The van der Waals surface area contributed by atoms with Crippen molar-refractivity contribution in [3.63, 3.8) is 0 Å². The number of anilines is 1. The molecule has 3 N–H and O–H groups in total. The Morgan fingerprint density at radius 1 is 1.03 bits per heavy atom. The third-order valence-corrected chi connectivity index (χ3v) is 5.36. The van der Waals surface area contributed by atoms with Crippen LogP contribution in [0.25, 0.3) is 0 Å². The van der Waals surface area contributed by atoms with Crippen LogP contribution in [-0.2, 0) is 9.59 Å². The fourth-order valence-corrected chi connectivity index (χ4v) is 3.78. The van der Waals surface area contributed by atoms with E-state index in [2.05, 4.69) is 10.7 Å². The summed E-state index contributed by atoms with van der Waals surface area (Å²) in [6, 6.07) is 19.3. The second kappa shape index (κ2) is 10.2. The summed E-state index contributed by atoms with van der Waals surface area (Å²) < 4.78 is 11.5. The van der Waals surface area contributed by atoms with Gasteiger partial charge in [0.05, 0.1) is 12.2 Å². The molecule has 3 amide bonds. The molecular weight excluding hydrogens is 450 g/mol. The monoisotopic (exact) mass is 475 g/mol. The van der Waals surface area contributed by atoms with E-state index in [1.807, 2.05) is 6.07 Å². The van der Waals surface area contributed by atoms with Crippen molar-refractivity contribution in [2.75, 3.05) is 11.9 Å². The van der Waals surface area contributed by atoms with Gasteiger partial charge >= 0.3 is 0 Å². The summed E-state index contributed by atoms with van der Waals surface area (Å²) in [4.78, 5) is 37.6. The Kier molecular flexibility index (Phi) is 6.86. The van der Waals surface area contributed by atoms with Crippen LogP contribution in [0.15, 0.2) is 72.8 Å². The molecule has 35 heavy (non-hydrogen) atoms. The summed E-state index contributed by atoms with van der Waals surface area (Å²) in [5, 5.41) is 13.5. The minimum absolute atomic E-state index is 0.0797. The normalized spacial score (nSPS) is 16.7. The van der Waals surface area contributed by atoms with Crippen molar-refractivity contribution in [1.29, 1.82) is 0 Å². The van der Waals surface area contributed by atoms with Gasteiger partial charge in [-0.2, -0.15) is 0 Å². The predicted octanol–water partition coefficient (Wildman–Crippen LogP) is 3.43. The molecule has 0 aromatic heterocycles. The maximum atomic E-state index is 13.2. The van der Waals surface area contributed by atoms with Crippen molar-refractivity contribution < 1.29 is 29.0 Å². The molecule has 0 radical (unpaired) electrons. The standard InChI is InChI=1S/C26H25N3O6/c1-3-34-22-15-18(27-16(2)30)11-14-21(22)25(32)28-29-23(17-9-12-19(31)13-10-17)24(26(29)33)35-20-7-5-4-6-8-20/h4-15,23-24,31H,3H2,1-2H3,(H,27,30)(H,28,32)/t23-,24+/m1/s1. The molecular formula is C26H25N3O6. The Hall–Kier alpha value is -4.53. The van der Waals surface area contributed by atoms with Gasteiger partial charge in [0.1, 0.15) is 23.3 Å².